The molecule has 1 aliphatic heterocycles. The zero-order valence-corrected chi connectivity index (χ0v) is 23.2. The summed E-state index contributed by atoms with van der Waals surface area (Å²) in [7, 11) is 0. The summed E-state index contributed by atoms with van der Waals surface area (Å²) < 4.78 is 33.4. The van der Waals surface area contributed by atoms with E-state index in [1.54, 1.807) is 11.1 Å². The predicted octanol–water partition coefficient (Wildman–Crippen LogP) is 5.09. The van der Waals surface area contributed by atoms with E-state index in [1.165, 1.54) is 0 Å². The van der Waals surface area contributed by atoms with Crippen LogP contribution in [0, 0.1) is 5.41 Å². The molecule has 3 aliphatic rings. The van der Waals surface area contributed by atoms with Gasteiger partial charge in [0, 0.05) is 31.2 Å². The maximum atomic E-state index is 14.9. The van der Waals surface area contributed by atoms with E-state index in [2.05, 4.69) is 11.9 Å². The Bertz CT molecular complexity index is 1140. The molecule has 3 fully saturated rings. The molecular weight excluding hydrogens is 499 g/mol. The van der Waals surface area contributed by atoms with Crippen molar-refractivity contribution < 1.29 is 23.4 Å². The summed E-state index contributed by atoms with van der Waals surface area (Å²) in [6.07, 6.45) is 8.38. The van der Waals surface area contributed by atoms with E-state index >= 15 is 0 Å². The number of hydrogen-bond acceptors (Lipinski definition) is 7. The summed E-state index contributed by atoms with van der Waals surface area (Å²) in [5.74, 6) is 1.20. The number of nitrogens with zero attached hydrogens (tertiary/aromatic N) is 3. The molecule has 1 unspecified atom stereocenters. The van der Waals surface area contributed by atoms with Crippen LogP contribution in [0.3, 0.4) is 0 Å². The van der Waals surface area contributed by atoms with Gasteiger partial charge in [-0.3, -0.25) is 4.79 Å². The summed E-state index contributed by atoms with van der Waals surface area (Å²) in [6.45, 7) is 6.18. The molecule has 8 nitrogen and oxygen atoms in total. The third-order valence-corrected chi connectivity index (χ3v) is 8.31. The van der Waals surface area contributed by atoms with Gasteiger partial charge in [-0.2, -0.15) is 0 Å². The maximum absolute atomic E-state index is 14.9. The number of aromatic nitrogens is 2. The lowest BCUT2D eigenvalue weighted by atomic mass is 9.61. The first kappa shape index (κ1) is 27.6. The van der Waals surface area contributed by atoms with E-state index in [-0.39, 0.29) is 23.5 Å². The number of likely N-dealkylation sites (tertiary alicyclic amines) is 1. The second-order valence-corrected chi connectivity index (χ2v) is 11.4. The minimum Gasteiger partial charge on any atom is -0.485 e. The quantitative estimate of drug-likeness (QED) is 0.400. The summed E-state index contributed by atoms with van der Waals surface area (Å²) >= 11 is 0. The number of pyridine rings is 2. The number of carbonyl (C=O) groups is 1. The summed E-state index contributed by atoms with van der Waals surface area (Å²) in [6, 6.07) is 7.56. The van der Waals surface area contributed by atoms with E-state index in [1.807, 2.05) is 31.2 Å². The number of rotatable bonds is 12. The zero-order valence-electron chi connectivity index (χ0n) is 23.2. The number of alkyl halides is 1. The van der Waals surface area contributed by atoms with Crippen molar-refractivity contribution in [3.8, 4) is 28.8 Å². The zero-order chi connectivity index (χ0) is 27.5. The van der Waals surface area contributed by atoms with Crippen LogP contribution in [0.2, 0.25) is 0 Å². The molecule has 212 valence electrons. The Balaban J connectivity index is 1.27. The van der Waals surface area contributed by atoms with Crippen molar-refractivity contribution in [2.24, 2.45) is 11.1 Å². The maximum Gasteiger partial charge on any atom is 0.260 e. The molecule has 2 aromatic rings. The SMILES string of the molecule is CCCCC(CN)Oc1nc(-c2cccnc2OCC)ccc1OC1CC2(C1)CN(C(=O)C1(F)CCCC1)C2. The third kappa shape index (κ3) is 5.83. The highest BCUT2D eigenvalue weighted by atomic mass is 19.1. The Kier molecular flexibility index (Phi) is 8.26. The van der Waals surface area contributed by atoms with Crippen LogP contribution in [-0.2, 0) is 4.79 Å². The number of unbranched alkanes of at least 4 members (excludes halogenated alkanes) is 1. The van der Waals surface area contributed by atoms with E-state index in [9.17, 15) is 9.18 Å². The molecule has 3 heterocycles. The minimum absolute atomic E-state index is 0.00702. The van der Waals surface area contributed by atoms with Crippen molar-refractivity contribution >= 4 is 5.91 Å². The molecule has 0 aromatic carbocycles. The fraction of sp³-hybridized carbons (Fsp3) is 0.633. The second kappa shape index (κ2) is 11.7. The molecule has 9 heteroatoms. The number of nitrogens with two attached hydrogens (primary N) is 1. The monoisotopic (exact) mass is 540 g/mol. The van der Waals surface area contributed by atoms with Gasteiger partial charge < -0.3 is 24.8 Å². The van der Waals surface area contributed by atoms with Gasteiger partial charge in [0.05, 0.1) is 17.9 Å². The molecule has 1 amide bonds. The highest BCUT2D eigenvalue weighted by Crippen LogP contribution is 2.51. The number of amides is 1. The van der Waals surface area contributed by atoms with Crippen molar-refractivity contribution in [1.82, 2.24) is 14.9 Å². The Labute approximate surface area is 230 Å². The predicted molar refractivity (Wildman–Crippen MR) is 147 cm³/mol. The number of halogens is 1. The number of ether oxygens (including phenoxy) is 3. The average Bonchev–Trinajstić information content (AvgIpc) is 3.35. The molecule has 2 saturated carbocycles. The van der Waals surface area contributed by atoms with Crippen LogP contribution >= 0.6 is 0 Å². The van der Waals surface area contributed by atoms with Gasteiger partial charge in [-0.25, -0.2) is 14.4 Å². The summed E-state index contributed by atoms with van der Waals surface area (Å²) in [5.41, 5.74) is 5.89. The molecule has 2 N–H and O–H groups in total. The highest BCUT2D eigenvalue weighted by molar-refractivity contribution is 5.86. The molecule has 1 atom stereocenters. The minimum atomic E-state index is -1.64. The largest absolute Gasteiger partial charge is 0.485 e. The van der Waals surface area contributed by atoms with Crippen molar-refractivity contribution in [2.45, 2.75) is 89.5 Å². The lowest BCUT2D eigenvalue weighted by molar-refractivity contribution is -0.171. The molecule has 0 radical (unpaired) electrons. The third-order valence-electron chi connectivity index (χ3n) is 8.31. The molecule has 2 aliphatic carbocycles. The van der Waals surface area contributed by atoms with Gasteiger partial charge in [-0.1, -0.05) is 13.3 Å². The first-order valence-corrected chi connectivity index (χ1v) is 14.5. The topological polar surface area (TPSA) is 99.8 Å². The van der Waals surface area contributed by atoms with Gasteiger partial charge in [0.1, 0.15) is 12.2 Å². The standard InChI is InChI=1S/C30H41FN4O4/c1-3-5-9-21(18-32)39-27-25(12-11-24(34-27)23-10-8-15-33-26(23)37-4-2)38-22-16-29(17-22)19-35(20-29)28(36)30(31)13-6-7-14-30/h8,10-12,15,21-22H,3-7,9,13-14,16-20,32H2,1-2H3. The first-order valence-electron chi connectivity index (χ1n) is 14.5. The fourth-order valence-corrected chi connectivity index (χ4v) is 6.17. The fourth-order valence-electron chi connectivity index (χ4n) is 6.17. The van der Waals surface area contributed by atoms with Gasteiger partial charge in [0.15, 0.2) is 11.4 Å². The van der Waals surface area contributed by atoms with Crippen molar-refractivity contribution in [1.29, 1.82) is 0 Å². The average molecular weight is 541 g/mol. The van der Waals surface area contributed by atoms with Crippen LogP contribution in [0.25, 0.3) is 11.3 Å². The molecule has 1 saturated heterocycles. The van der Waals surface area contributed by atoms with Crippen molar-refractivity contribution in [3.05, 3.63) is 30.5 Å². The lowest BCUT2D eigenvalue weighted by Crippen LogP contribution is -2.68. The van der Waals surface area contributed by atoms with Gasteiger partial charge in [-0.05, 0) is 82.6 Å². The van der Waals surface area contributed by atoms with Gasteiger partial charge in [0.25, 0.3) is 11.8 Å². The number of carbonyl (C=O) groups excluding carboxylic acids is 1. The molecule has 0 bridgehead atoms. The van der Waals surface area contributed by atoms with Crippen LogP contribution in [0.5, 0.6) is 17.5 Å². The van der Waals surface area contributed by atoms with Gasteiger partial charge >= 0.3 is 0 Å². The molecule has 5 rings (SSSR count). The second-order valence-electron chi connectivity index (χ2n) is 11.4. The van der Waals surface area contributed by atoms with Crippen molar-refractivity contribution in [2.75, 3.05) is 26.2 Å². The van der Waals surface area contributed by atoms with Gasteiger partial charge in [0.2, 0.25) is 5.88 Å². The van der Waals surface area contributed by atoms with Crippen LogP contribution in [0.4, 0.5) is 4.39 Å². The molecule has 39 heavy (non-hydrogen) atoms. The first-order chi connectivity index (χ1) is 18.9. The summed E-state index contributed by atoms with van der Waals surface area (Å²) in [4.78, 5) is 23.6. The summed E-state index contributed by atoms with van der Waals surface area (Å²) in [5, 5.41) is 0. The van der Waals surface area contributed by atoms with E-state index in [4.69, 9.17) is 24.9 Å². The normalized spacial score (nSPS) is 20.3. The van der Waals surface area contributed by atoms with Crippen LogP contribution in [0.1, 0.15) is 71.6 Å². The van der Waals surface area contributed by atoms with Crippen LogP contribution < -0.4 is 19.9 Å². The van der Waals surface area contributed by atoms with E-state index < -0.39 is 5.67 Å². The lowest BCUT2D eigenvalue weighted by Gasteiger charge is -2.59. The van der Waals surface area contributed by atoms with E-state index in [0.29, 0.717) is 62.3 Å². The van der Waals surface area contributed by atoms with Crippen LogP contribution in [0.15, 0.2) is 30.5 Å². The number of hydrogen-bond donors (Lipinski definition) is 1. The Morgan fingerprint density at radius 3 is 2.64 bits per heavy atom. The Hall–Kier alpha value is -2.94. The van der Waals surface area contributed by atoms with Crippen LogP contribution in [-0.4, -0.2) is 64.9 Å². The van der Waals surface area contributed by atoms with E-state index in [0.717, 1.165) is 50.5 Å². The van der Waals surface area contributed by atoms with Crippen molar-refractivity contribution in [3.63, 3.8) is 0 Å². The highest BCUT2D eigenvalue weighted by Gasteiger charge is 2.57. The van der Waals surface area contributed by atoms with Gasteiger partial charge in [-0.15, -0.1) is 0 Å². The smallest absolute Gasteiger partial charge is 0.260 e. The molecule has 2 aromatic heterocycles. The molecular formula is C30H41FN4O4. The Morgan fingerprint density at radius 2 is 1.95 bits per heavy atom. The Morgan fingerprint density at radius 1 is 1.18 bits per heavy atom. The molecule has 1 spiro atoms.